The maximum Gasteiger partial charge on any atom is 0.303 e. The Balaban J connectivity index is 0.00000289. The molecule has 1 rings (SSSR count). The Kier molecular flexibility index (Phi) is 8.88. The molecule has 2 N–H and O–H groups in total. The number of carboxylic acids is 1. The van der Waals surface area contributed by atoms with Crippen LogP contribution in [0, 0.1) is 0 Å². The quantitative estimate of drug-likeness (QED) is 0.562. The fourth-order valence-electron chi connectivity index (χ4n) is 1.56. The molecule has 0 aliphatic rings. The van der Waals surface area contributed by atoms with Gasteiger partial charge in [-0.15, -0.1) is 12.4 Å². The third kappa shape index (κ3) is 6.37. The first-order valence-corrected chi connectivity index (χ1v) is 5.69. The molecule has 100 valence electrons. The van der Waals surface area contributed by atoms with E-state index in [9.17, 15) is 9.59 Å². The summed E-state index contributed by atoms with van der Waals surface area (Å²) in [6, 6.07) is 7.43. The topological polar surface area (TPSA) is 66.4 Å². The van der Waals surface area contributed by atoms with E-state index in [1.54, 1.807) is 6.07 Å². The van der Waals surface area contributed by atoms with E-state index in [2.05, 4.69) is 5.32 Å². The molecule has 0 saturated carbocycles. The molecule has 0 aliphatic heterocycles. The minimum absolute atomic E-state index is 0. The Morgan fingerprint density at radius 2 is 2.00 bits per heavy atom. The van der Waals surface area contributed by atoms with Crippen molar-refractivity contribution in [3.05, 3.63) is 35.4 Å². The van der Waals surface area contributed by atoms with Crippen molar-refractivity contribution >= 4 is 24.7 Å². The van der Waals surface area contributed by atoms with E-state index in [4.69, 9.17) is 5.11 Å². The lowest BCUT2D eigenvalue weighted by Crippen LogP contribution is -2.16. The van der Waals surface area contributed by atoms with Crippen molar-refractivity contribution in [1.82, 2.24) is 5.32 Å². The number of aldehydes is 1. The maximum atomic E-state index is 10.7. The van der Waals surface area contributed by atoms with Gasteiger partial charge in [-0.05, 0) is 24.9 Å². The van der Waals surface area contributed by atoms with Crippen LogP contribution in [0.25, 0.3) is 0 Å². The third-order valence-electron chi connectivity index (χ3n) is 2.49. The van der Waals surface area contributed by atoms with Crippen LogP contribution in [0.15, 0.2) is 24.3 Å². The average molecular weight is 272 g/mol. The molecule has 1 aromatic rings. The first kappa shape index (κ1) is 16.6. The minimum atomic E-state index is -0.753. The third-order valence-corrected chi connectivity index (χ3v) is 2.49. The summed E-state index contributed by atoms with van der Waals surface area (Å²) in [6.45, 7) is 1.41. The second-order valence-electron chi connectivity index (χ2n) is 3.84. The number of rotatable bonds is 8. The lowest BCUT2D eigenvalue weighted by molar-refractivity contribution is -0.137. The average Bonchev–Trinajstić information content (AvgIpc) is 2.33. The first-order chi connectivity index (χ1) is 8.24. The van der Waals surface area contributed by atoms with Gasteiger partial charge in [0.2, 0.25) is 0 Å². The molecule has 0 heterocycles. The summed E-state index contributed by atoms with van der Waals surface area (Å²) in [7, 11) is 0. The van der Waals surface area contributed by atoms with E-state index >= 15 is 0 Å². The highest BCUT2D eigenvalue weighted by Gasteiger charge is 2.00. The van der Waals surface area contributed by atoms with Gasteiger partial charge < -0.3 is 10.4 Å². The van der Waals surface area contributed by atoms with Crippen LogP contribution in [0.5, 0.6) is 0 Å². The smallest absolute Gasteiger partial charge is 0.303 e. The Hall–Kier alpha value is -1.39. The largest absolute Gasteiger partial charge is 0.481 e. The summed E-state index contributed by atoms with van der Waals surface area (Å²) in [5.74, 6) is -0.753. The second kappa shape index (κ2) is 9.62. The molecular weight excluding hydrogens is 254 g/mol. The van der Waals surface area contributed by atoms with Crippen LogP contribution in [0.2, 0.25) is 0 Å². The van der Waals surface area contributed by atoms with Gasteiger partial charge in [-0.2, -0.15) is 0 Å². The van der Waals surface area contributed by atoms with Crippen LogP contribution in [-0.2, 0) is 11.3 Å². The van der Waals surface area contributed by atoms with Gasteiger partial charge in [0.15, 0.2) is 0 Å². The summed E-state index contributed by atoms with van der Waals surface area (Å²) in [6.07, 6.45) is 2.57. The number of unbranched alkanes of at least 4 members (excludes halogenated alkanes) is 1. The molecule has 0 bridgehead atoms. The van der Waals surface area contributed by atoms with Crippen molar-refractivity contribution in [2.45, 2.75) is 25.8 Å². The van der Waals surface area contributed by atoms with Crippen molar-refractivity contribution in [3.8, 4) is 0 Å². The zero-order valence-corrected chi connectivity index (χ0v) is 10.9. The number of hydrogen-bond donors (Lipinski definition) is 2. The molecule has 5 heteroatoms. The van der Waals surface area contributed by atoms with Crippen LogP contribution in [-0.4, -0.2) is 23.9 Å². The molecule has 0 fully saturated rings. The van der Waals surface area contributed by atoms with Crippen molar-refractivity contribution < 1.29 is 14.7 Å². The summed E-state index contributed by atoms with van der Waals surface area (Å²) in [5, 5.41) is 11.7. The van der Waals surface area contributed by atoms with Gasteiger partial charge in [-0.1, -0.05) is 24.3 Å². The van der Waals surface area contributed by atoms with E-state index in [1.807, 2.05) is 18.2 Å². The monoisotopic (exact) mass is 271 g/mol. The summed E-state index contributed by atoms with van der Waals surface area (Å²) < 4.78 is 0. The Bertz CT molecular complexity index is 382. The molecular formula is C13H18ClNO3. The highest BCUT2D eigenvalue weighted by atomic mass is 35.5. The van der Waals surface area contributed by atoms with Crippen LogP contribution in [0.4, 0.5) is 0 Å². The van der Waals surface area contributed by atoms with Gasteiger partial charge in [-0.25, -0.2) is 0 Å². The number of carbonyl (C=O) groups is 2. The van der Waals surface area contributed by atoms with Gasteiger partial charge in [0, 0.05) is 18.5 Å². The van der Waals surface area contributed by atoms with Crippen molar-refractivity contribution in [2.75, 3.05) is 6.54 Å². The van der Waals surface area contributed by atoms with Crippen molar-refractivity contribution in [1.29, 1.82) is 0 Å². The van der Waals surface area contributed by atoms with Crippen molar-refractivity contribution in [3.63, 3.8) is 0 Å². The van der Waals surface area contributed by atoms with E-state index in [0.29, 0.717) is 18.5 Å². The van der Waals surface area contributed by atoms with E-state index in [1.165, 1.54) is 0 Å². The number of nitrogens with one attached hydrogen (secondary N) is 1. The zero-order valence-electron chi connectivity index (χ0n) is 10.1. The fourth-order valence-corrected chi connectivity index (χ4v) is 1.56. The normalized spacial score (nSPS) is 9.56. The summed E-state index contributed by atoms with van der Waals surface area (Å²) >= 11 is 0. The van der Waals surface area contributed by atoms with Gasteiger partial charge in [0.25, 0.3) is 0 Å². The van der Waals surface area contributed by atoms with E-state index < -0.39 is 5.97 Å². The molecule has 0 radical (unpaired) electrons. The second-order valence-corrected chi connectivity index (χ2v) is 3.84. The molecule has 18 heavy (non-hydrogen) atoms. The lowest BCUT2D eigenvalue weighted by atomic mass is 10.1. The number of hydrogen-bond acceptors (Lipinski definition) is 3. The van der Waals surface area contributed by atoms with Crippen LogP contribution < -0.4 is 5.32 Å². The van der Waals surface area contributed by atoms with E-state index in [0.717, 1.165) is 24.8 Å². The molecule has 0 aromatic heterocycles. The lowest BCUT2D eigenvalue weighted by Gasteiger charge is -2.06. The van der Waals surface area contributed by atoms with E-state index in [-0.39, 0.29) is 18.8 Å². The highest BCUT2D eigenvalue weighted by molar-refractivity contribution is 5.85. The summed E-state index contributed by atoms with van der Waals surface area (Å²) in [5.41, 5.74) is 1.67. The van der Waals surface area contributed by atoms with Gasteiger partial charge >= 0.3 is 5.97 Å². The maximum absolute atomic E-state index is 10.7. The SMILES string of the molecule is Cl.O=Cc1ccccc1CNCCCCC(=O)O. The number of benzene rings is 1. The Labute approximate surface area is 113 Å². The standard InChI is InChI=1S/C13H17NO3.ClH/c15-10-12-6-2-1-5-11(12)9-14-8-4-3-7-13(16)17;/h1-2,5-6,10,14H,3-4,7-9H2,(H,16,17);1H. The highest BCUT2D eigenvalue weighted by Crippen LogP contribution is 2.05. The van der Waals surface area contributed by atoms with Gasteiger partial charge in [0.05, 0.1) is 0 Å². The molecule has 0 aliphatic carbocycles. The first-order valence-electron chi connectivity index (χ1n) is 5.69. The molecule has 0 atom stereocenters. The Morgan fingerprint density at radius 1 is 1.28 bits per heavy atom. The minimum Gasteiger partial charge on any atom is -0.481 e. The summed E-state index contributed by atoms with van der Waals surface area (Å²) in [4.78, 5) is 21.0. The van der Waals surface area contributed by atoms with Gasteiger partial charge in [0.1, 0.15) is 6.29 Å². The van der Waals surface area contributed by atoms with Gasteiger partial charge in [-0.3, -0.25) is 9.59 Å². The van der Waals surface area contributed by atoms with Crippen LogP contribution in [0.3, 0.4) is 0 Å². The van der Waals surface area contributed by atoms with Crippen LogP contribution in [0.1, 0.15) is 35.2 Å². The molecule has 0 spiro atoms. The van der Waals surface area contributed by atoms with Crippen molar-refractivity contribution in [2.24, 2.45) is 0 Å². The molecule has 4 nitrogen and oxygen atoms in total. The molecule has 0 unspecified atom stereocenters. The number of carboxylic acid groups (broad SMARTS) is 1. The number of halogens is 1. The number of carbonyl (C=O) groups excluding carboxylic acids is 1. The zero-order chi connectivity index (χ0) is 12.5. The fraction of sp³-hybridized carbons (Fsp3) is 0.385. The molecule has 0 saturated heterocycles. The predicted molar refractivity (Wildman–Crippen MR) is 72.3 cm³/mol. The van der Waals surface area contributed by atoms with Crippen LogP contribution >= 0.6 is 12.4 Å². The predicted octanol–water partition coefficient (Wildman–Crippen LogP) is 2.27. The number of aliphatic carboxylic acids is 1. The molecule has 0 amide bonds. The molecule has 1 aromatic carbocycles. The Morgan fingerprint density at radius 3 is 2.67 bits per heavy atom.